The highest BCUT2D eigenvalue weighted by Gasteiger charge is 2.30. The molecule has 1 aliphatic carbocycles. The van der Waals surface area contributed by atoms with Gasteiger partial charge in [0.2, 0.25) is 10.0 Å². The third-order valence-corrected chi connectivity index (χ3v) is 10.1. The number of carbonyl (C=O) groups excluding carboxylic acids is 1. The van der Waals surface area contributed by atoms with Crippen molar-refractivity contribution in [3.05, 3.63) is 45.8 Å². The van der Waals surface area contributed by atoms with Gasteiger partial charge in [0, 0.05) is 42.7 Å². The zero-order valence-electron chi connectivity index (χ0n) is 20.0. The van der Waals surface area contributed by atoms with Crippen molar-refractivity contribution < 1.29 is 13.2 Å². The minimum absolute atomic E-state index is 0.0302. The zero-order valence-corrected chi connectivity index (χ0v) is 21.6. The molecule has 2 heterocycles. The molecule has 4 rings (SSSR count). The number of benzene rings is 1. The van der Waals surface area contributed by atoms with Crippen molar-refractivity contribution in [3.63, 3.8) is 0 Å². The Kier molecular flexibility index (Phi) is 7.43. The highest BCUT2D eigenvalue weighted by Crippen LogP contribution is 2.37. The Bertz CT molecular complexity index is 1190. The highest BCUT2D eigenvalue weighted by atomic mass is 32.2. The molecule has 1 N–H and O–H groups in total. The lowest BCUT2D eigenvalue weighted by Gasteiger charge is -2.30. The van der Waals surface area contributed by atoms with Crippen LogP contribution < -0.4 is 5.32 Å². The molecule has 1 aliphatic heterocycles. The summed E-state index contributed by atoms with van der Waals surface area (Å²) in [7, 11) is -1.96. The third kappa shape index (κ3) is 4.91. The Morgan fingerprint density at radius 2 is 1.88 bits per heavy atom. The summed E-state index contributed by atoms with van der Waals surface area (Å²) in [5.41, 5.74) is 1.94. The first-order chi connectivity index (χ1) is 16.2. The lowest BCUT2D eigenvalue weighted by atomic mass is 9.96. The molecule has 9 heteroatoms. The van der Waals surface area contributed by atoms with E-state index in [0.717, 1.165) is 62.1 Å². The molecule has 1 aromatic heterocycles. The van der Waals surface area contributed by atoms with Crippen molar-refractivity contribution in [2.24, 2.45) is 0 Å². The molecule has 1 aromatic carbocycles. The van der Waals surface area contributed by atoms with Gasteiger partial charge in [-0.2, -0.15) is 9.57 Å². The van der Waals surface area contributed by atoms with Crippen LogP contribution in [0.5, 0.6) is 0 Å². The summed E-state index contributed by atoms with van der Waals surface area (Å²) >= 11 is 1.46. The Morgan fingerprint density at radius 3 is 2.50 bits per heavy atom. The number of amides is 1. The van der Waals surface area contributed by atoms with E-state index >= 15 is 0 Å². The average molecular weight is 501 g/mol. The number of hydrogen-bond acceptors (Lipinski definition) is 6. The minimum atomic E-state index is -3.61. The van der Waals surface area contributed by atoms with E-state index in [9.17, 15) is 18.5 Å². The molecule has 0 atom stereocenters. The smallest absolute Gasteiger partial charge is 0.256 e. The van der Waals surface area contributed by atoms with E-state index in [2.05, 4.69) is 30.1 Å². The summed E-state index contributed by atoms with van der Waals surface area (Å²) < 4.78 is 27.6. The monoisotopic (exact) mass is 500 g/mol. The molecule has 1 saturated carbocycles. The fourth-order valence-corrected chi connectivity index (χ4v) is 7.47. The summed E-state index contributed by atoms with van der Waals surface area (Å²) in [6.45, 7) is 5.99. The van der Waals surface area contributed by atoms with Crippen molar-refractivity contribution in [1.29, 1.82) is 5.26 Å². The van der Waals surface area contributed by atoms with E-state index in [1.165, 1.54) is 39.9 Å². The van der Waals surface area contributed by atoms with Crippen molar-refractivity contribution in [2.75, 3.05) is 18.9 Å². The number of sulfonamides is 1. The van der Waals surface area contributed by atoms with Gasteiger partial charge in [0.1, 0.15) is 11.1 Å². The van der Waals surface area contributed by atoms with Gasteiger partial charge in [-0.05, 0) is 62.9 Å². The molecule has 2 aliphatic rings. The molecule has 2 aromatic rings. The van der Waals surface area contributed by atoms with Gasteiger partial charge in [-0.3, -0.25) is 9.69 Å². The maximum atomic E-state index is 13.1. The second-order valence-corrected chi connectivity index (χ2v) is 12.5. The molecule has 0 spiro atoms. The second-order valence-electron chi connectivity index (χ2n) is 9.43. The number of nitrogens with one attached hydrogen (secondary N) is 1. The summed E-state index contributed by atoms with van der Waals surface area (Å²) in [4.78, 5) is 16.6. The maximum Gasteiger partial charge on any atom is 0.256 e. The number of rotatable bonds is 6. The first-order valence-corrected chi connectivity index (χ1v) is 14.2. The lowest BCUT2D eigenvalue weighted by molar-refractivity contribution is 0.102. The maximum absolute atomic E-state index is 13.1. The van der Waals surface area contributed by atoms with Crippen LogP contribution in [0.25, 0.3) is 0 Å². The Balaban J connectivity index is 1.49. The van der Waals surface area contributed by atoms with Crippen LogP contribution in [0.15, 0.2) is 29.2 Å². The van der Waals surface area contributed by atoms with E-state index < -0.39 is 10.0 Å². The predicted octanol–water partition coefficient (Wildman–Crippen LogP) is 4.59. The largest absolute Gasteiger partial charge is 0.312 e. The SMILES string of the molecule is CC(C)N1CCc2c(sc(NC(=O)c3ccc(S(=O)(=O)N(C)C4CCCCC4)cc3)c2C#N)C1. The van der Waals surface area contributed by atoms with Crippen LogP contribution >= 0.6 is 11.3 Å². The molecule has 0 saturated heterocycles. The lowest BCUT2D eigenvalue weighted by Crippen LogP contribution is -2.38. The fourth-order valence-electron chi connectivity index (χ4n) is 4.83. The van der Waals surface area contributed by atoms with Crippen molar-refractivity contribution >= 4 is 32.3 Å². The van der Waals surface area contributed by atoms with Gasteiger partial charge in [-0.1, -0.05) is 19.3 Å². The van der Waals surface area contributed by atoms with Crippen molar-refractivity contribution in [1.82, 2.24) is 9.21 Å². The average Bonchev–Trinajstić information content (AvgIpc) is 3.20. The highest BCUT2D eigenvalue weighted by molar-refractivity contribution is 7.89. The standard InChI is InChI=1S/C25H32N4O3S2/c1-17(2)29-14-13-21-22(15-26)25(33-23(21)16-29)27-24(30)18-9-11-20(12-10-18)34(31,32)28(3)19-7-5-4-6-8-19/h9-12,17,19H,4-8,13-14,16H2,1-3H3,(H,27,30). The molecular formula is C25H32N4O3S2. The van der Waals surface area contributed by atoms with Crippen LogP contribution in [0.4, 0.5) is 5.00 Å². The number of nitriles is 1. The van der Waals surface area contributed by atoms with E-state index in [0.29, 0.717) is 22.2 Å². The number of anilines is 1. The van der Waals surface area contributed by atoms with Crippen molar-refractivity contribution in [3.8, 4) is 6.07 Å². The van der Waals surface area contributed by atoms with Crippen molar-refractivity contribution in [2.45, 2.75) is 75.9 Å². The first kappa shape index (κ1) is 24.9. The summed E-state index contributed by atoms with van der Waals surface area (Å²) in [5.74, 6) is -0.347. The second kappa shape index (κ2) is 10.2. The summed E-state index contributed by atoms with van der Waals surface area (Å²) in [6.07, 6.45) is 5.83. The molecule has 34 heavy (non-hydrogen) atoms. The van der Waals surface area contributed by atoms with Gasteiger partial charge >= 0.3 is 0 Å². The number of hydrogen-bond donors (Lipinski definition) is 1. The van der Waals surface area contributed by atoms with Crippen LogP contribution in [0, 0.1) is 11.3 Å². The van der Waals surface area contributed by atoms with Crippen LogP contribution in [0.1, 0.15) is 72.3 Å². The van der Waals surface area contributed by atoms with Gasteiger partial charge in [-0.15, -0.1) is 11.3 Å². The molecule has 0 radical (unpaired) electrons. The van der Waals surface area contributed by atoms with E-state index in [1.807, 2.05) is 0 Å². The predicted molar refractivity (Wildman–Crippen MR) is 135 cm³/mol. The van der Waals surface area contributed by atoms with Crippen LogP contribution in [-0.2, 0) is 23.0 Å². The van der Waals surface area contributed by atoms with Gasteiger partial charge in [-0.25, -0.2) is 8.42 Å². The normalized spacial score (nSPS) is 17.5. The van der Waals surface area contributed by atoms with Gasteiger partial charge in [0.15, 0.2) is 0 Å². The molecule has 1 fully saturated rings. The van der Waals surface area contributed by atoms with E-state index in [4.69, 9.17) is 0 Å². The Morgan fingerprint density at radius 1 is 1.21 bits per heavy atom. The summed E-state index contributed by atoms with van der Waals surface area (Å²) in [5, 5.41) is 13.2. The summed E-state index contributed by atoms with van der Waals surface area (Å²) in [6, 6.07) is 8.79. The molecular weight excluding hydrogens is 468 g/mol. The van der Waals surface area contributed by atoms with Crippen LogP contribution in [0.2, 0.25) is 0 Å². The fraction of sp³-hybridized carbons (Fsp3) is 0.520. The number of fused-ring (bicyclic) bond motifs is 1. The molecule has 1 amide bonds. The molecule has 182 valence electrons. The van der Waals surface area contributed by atoms with E-state index in [-0.39, 0.29) is 16.8 Å². The van der Waals surface area contributed by atoms with E-state index in [1.54, 1.807) is 7.05 Å². The Hall–Kier alpha value is -2.25. The number of nitrogens with zero attached hydrogens (tertiary/aromatic N) is 3. The number of carbonyl (C=O) groups is 1. The molecule has 7 nitrogen and oxygen atoms in total. The van der Waals surface area contributed by atoms with Crippen LogP contribution in [0.3, 0.4) is 0 Å². The molecule has 0 bridgehead atoms. The van der Waals surface area contributed by atoms with Gasteiger partial charge in [0.25, 0.3) is 5.91 Å². The third-order valence-electron chi connectivity index (χ3n) is 7.04. The minimum Gasteiger partial charge on any atom is -0.312 e. The Labute approximate surface area is 206 Å². The number of thiophene rings is 1. The van der Waals surface area contributed by atoms with Gasteiger partial charge < -0.3 is 5.32 Å². The zero-order chi connectivity index (χ0) is 24.5. The topological polar surface area (TPSA) is 93.5 Å². The molecule has 0 unspecified atom stereocenters. The quantitative estimate of drug-likeness (QED) is 0.626. The van der Waals surface area contributed by atoms with Gasteiger partial charge in [0.05, 0.1) is 10.5 Å². The van der Waals surface area contributed by atoms with Crippen LogP contribution in [-0.4, -0.2) is 49.2 Å². The first-order valence-electron chi connectivity index (χ1n) is 11.9.